The predicted molar refractivity (Wildman–Crippen MR) is 140 cm³/mol. The van der Waals surface area contributed by atoms with Gasteiger partial charge in [0.25, 0.3) is 11.8 Å². The van der Waals surface area contributed by atoms with E-state index in [4.69, 9.17) is 9.47 Å². The average Bonchev–Trinajstić information content (AvgIpc) is 3.38. The Morgan fingerprint density at radius 1 is 1.13 bits per heavy atom. The molecule has 3 heterocycles. The number of halogens is 1. The molecule has 39 heavy (non-hydrogen) atoms. The molecular formula is C28H30FN5O5. The number of aromatic nitrogens is 2. The van der Waals surface area contributed by atoms with Crippen LogP contribution in [0.2, 0.25) is 0 Å². The molecule has 1 atom stereocenters. The van der Waals surface area contributed by atoms with Crippen molar-refractivity contribution in [2.45, 2.75) is 31.7 Å². The Bertz CT molecular complexity index is 1370. The lowest BCUT2D eigenvalue weighted by molar-refractivity contribution is -0.134. The highest BCUT2D eigenvalue weighted by Crippen LogP contribution is 2.34. The van der Waals surface area contributed by atoms with Gasteiger partial charge in [-0.15, -0.1) is 0 Å². The molecular weight excluding hydrogens is 505 g/mol. The zero-order valence-corrected chi connectivity index (χ0v) is 21.6. The molecule has 0 spiro atoms. The predicted octanol–water partition coefficient (Wildman–Crippen LogP) is 2.99. The van der Waals surface area contributed by atoms with E-state index >= 15 is 0 Å². The molecule has 3 amide bonds. The number of anilines is 1. The third kappa shape index (κ3) is 6.19. The van der Waals surface area contributed by atoms with Crippen LogP contribution < -0.4 is 19.7 Å². The molecule has 11 heteroatoms. The minimum atomic E-state index is -0.962. The summed E-state index contributed by atoms with van der Waals surface area (Å²) in [6.07, 6.45) is 6.61. The standard InChI is InChI=1S/C28H30FN5O5/c1-32-24-14-22(38-18-26(35)33-10-3-2-4-11-33)8-9-25(24)39-17-23(27(32)36)31-28(37)34-16-20(15-30-34)12-19-6-5-7-21(29)13-19/h5-9,13-16,23H,2-4,10-12,17-18H2,1H3,(H,31,37)/t23-/m0/s1. The molecule has 0 unspecified atom stereocenters. The molecule has 0 radical (unpaired) electrons. The van der Waals surface area contributed by atoms with Gasteiger partial charge in [0.1, 0.15) is 30.0 Å². The molecule has 3 aromatic rings. The normalized spacial score (nSPS) is 17.2. The third-order valence-electron chi connectivity index (χ3n) is 6.84. The highest BCUT2D eigenvalue weighted by atomic mass is 19.1. The van der Waals surface area contributed by atoms with Gasteiger partial charge in [0.2, 0.25) is 0 Å². The maximum absolute atomic E-state index is 13.5. The van der Waals surface area contributed by atoms with Gasteiger partial charge in [0.15, 0.2) is 6.61 Å². The van der Waals surface area contributed by atoms with Crippen molar-refractivity contribution in [1.82, 2.24) is 20.0 Å². The van der Waals surface area contributed by atoms with E-state index in [0.717, 1.165) is 48.2 Å². The average molecular weight is 536 g/mol. The summed E-state index contributed by atoms with van der Waals surface area (Å²) >= 11 is 0. The molecule has 5 rings (SSSR count). The van der Waals surface area contributed by atoms with E-state index in [1.54, 1.807) is 37.4 Å². The lowest BCUT2D eigenvalue weighted by atomic mass is 10.1. The van der Waals surface area contributed by atoms with Gasteiger partial charge in [-0.3, -0.25) is 9.59 Å². The van der Waals surface area contributed by atoms with Crippen LogP contribution in [0.1, 0.15) is 30.4 Å². The largest absolute Gasteiger partial charge is 0.489 e. The second-order valence-corrected chi connectivity index (χ2v) is 9.67. The molecule has 10 nitrogen and oxygen atoms in total. The topological polar surface area (TPSA) is 106 Å². The molecule has 1 saturated heterocycles. The van der Waals surface area contributed by atoms with Crippen LogP contribution in [-0.2, 0) is 16.0 Å². The number of ether oxygens (including phenoxy) is 2. The van der Waals surface area contributed by atoms with Crippen molar-refractivity contribution < 1.29 is 28.2 Å². The van der Waals surface area contributed by atoms with Crippen molar-refractivity contribution in [2.24, 2.45) is 0 Å². The Kier molecular flexibility index (Phi) is 7.76. The fraction of sp³-hybridized carbons (Fsp3) is 0.357. The first-order chi connectivity index (χ1) is 18.9. The van der Waals surface area contributed by atoms with Crippen LogP contribution in [0.3, 0.4) is 0 Å². The van der Waals surface area contributed by atoms with E-state index in [1.165, 1.54) is 29.4 Å². The Balaban J connectivity index is 1.20. The van der Waals surface area contributed by atoms with E-state index in [0.29, 0.717) is 23.6 Å². The number of nitrogens with one attached hydrogen (secondary N) is 1. The van der Waals surface area contributed by atoms with Gasteiger partial charge in [0, 0.05) is 38.8 Å². The van der Waals surface area contributed by atoms with Crippen LogP contribution in [0, 0.1) is 5.82 Å². The lowest BCUT2D eigenvalue weighted by Crippen LogP contribution is -2.50. The Hall–Kier alpha value is -4.41. The number of piperidine rings is 1. The first kappa shape index (κ1) is 26.2. The molecule has 0 saturated carbocycles. The Labute approximate surface area is 225 Å². The fourth-order valence-corrected chi connectivity index (χ4v) is 4.71. The van der Waals surface area contributed by atoms with Crippen molar-refractivity contribution >= 4 is 23.5 Å². The number of fused-ring (bicyclic) bond motifs is 1. The van der Waals surface area contributed by atoms with Gasteiger partial charge in [-0.25, -0.2) is 9.18 Å². The Morgan fingerprint density at radius 3 is 2.74 bits per heavy atom. The van der Waals surface area contributed by atoms with Crippen LogP contribution in [0.4, 0.5) is 14.9 Å². The number of amides is 3. The lowest BCUT2D eigenvalue weighted by Gasteiger charge is -2.26. The van der Waals surface area contributed by atoms with Gasteiger partial charge in [-0.2, -0.15) is 9.78 Å². The third-order valence-corrected chi connectivity index (χ3v) is 6.84. The maximum atomic E-state index is 13.5. The monoisotopic (exact) mass is 535 g/mol. The van der Waals surface area contributed by atoms with Crippen LogP contribution in [-0.4, -0.2) is 71.9 Å². The SMILES string of the molecule is CN1C(=O)[C@@H](NC(=O)n2cc(Cc3cccc(F)c3)cn2)COc2ccc(OCC(=O)N3CCCCC3)cc21. The minimum absolute atomic E-state index is 0.0641. The van der Waals surface area contributed by atoms with Crippen molar-refractivity contribution in [2.75, 3.05) is 38.3 Å². The summed E-state index contributed by atoms with van der Waals surface area (Å²) in [4.78, 5) is 41.7. The highest BCUT2D eigenvalue weighted by molar-refractivity contribution is 6.00. The summed E-state index contributed by atoms with van der Waals surface area (Å²) < 4.78 is 26.1. The molecule has 0 bridgehead atoms. The van der Waals surface area contributed by atoms with Crippen LogP contribution >= 0.6 is 0 Å². The summed E-state index contributed by atoms with van der Waals surface area (Å²) in [6, 6.07) is 9.66. The molecule has 2 aliphatic heterocycles. The van der Waals surface area contributed by atoms with E-state index in [2.05, 4.69) is 10.4 Å². The molecule has 2 aromatic carbocycles. The number of carbonyl (C=O) groups excluding carboxylic acids is 3. The van der Waals surface area contributed by atoms with Crippen molar-refractivity contribution in [3.05, 3.63) is 71.8 Å². The second kappa shape index (κ2) is 11.5. The molecule has 204 valence electrons. The van der Waals surface area contributed by atoms with Gasteiger partial charge in [0.05, 0.1) is 11.9 Å². The number of likely N-dealkylation sites (tertiary alicyclic amines) is 1. The number of benzene rings is 2. The van der Waals surface area contributed by atoms with E-state index in [9.17, 15) is 18.8 Å². The number of carbonyl (C=O) groups is 3. The molecule has 1 N–H and O–H groups in total. The summed E-state index contributed by atoms with van der Waals surface area (Å²) in [5.41, 5.74) is 1.94. The Morgan fingerprint density at radius 2 is 1.95 bits per heavy atom. The maximum Gasteiger partial charge on any atom is 0.342 e. The molecule has 1 aromatic heterocycles. The van der Waals surface area contributed by atoms with Gasteiger partial charge >= 0.3 is 6.03 Å². The summed E-state index contributed by atoms with van der Waals surface area (Å²) in [6.45, 7) is 1.34. The van der Waals surface area contributed by atoms with E-state index in [-0.39, 0.29) is 30.8 Å². The highest BCUT2D eigenvalue weighted by Gasteiger charge is 2.31. The second-order valence-electron chi connectivity index (χ2n) is 9.67. The summed E-state index contributed by atoms with van der Waals surface area (Å²) in [5.74, 6) is 0.113. The number of hydrogen-bond acceptors (Lipinski definition) is 6. The van der Waals surface area contributed by atoms with Gasteiger partial charge in [-0.05, 0) is 54.7 Å². The molecule has 0 aliphatic carbocycles. The van der Waals surface area contributed by atoms with Crippen LogP contribution in [0.15, 0.2) is 54.9 Å². The minimum Gasteiger partial charge on any atom is -0.489 e. The number of likely N-dealkylation sites (N-methyl/N-ethyl adjacent to an activating group) is 1. The van der Waals surface area contributed by atoms with E-state index < -0.39 is 12.1 Å². The van der Waals surface area contributed by atoms with Gasteiger partial charge in [-0.1, -0.05) is 12.1 Å². The molecule has 2 aliphatic rings. The first-order valence-corrected chi connectivity index (χ1v) is 12.9. The quantitative estimate of drug-likeness (QED) is 0.520. The first-order valence-electron chi connectivity index (χ1n) is 12.9. The van der Waals surface area contributed by atoms with Crippen molar-refractivity contribution in [3.63, 3.8) is 0 Å². The van der Waals surface area contributed by atoms with Crippen LogP contribution in [0.5, 0.6) is 11.5 Å². The van der Waals surface area contributed by atoms with Crippen LogP contribution in [0.25, 0.3) is 0 Å². The summed E-state index contributed by atoms with van der Waals surface area (Å²) in [5, 5.41) is 6.76. The molecule has 1 fully saturated rings. The van der Waals surface area contributed by atoms with Crippen molar-refractivity contribution in [3.8, 4) is 11.5 Å². The smallest absolute Gasteiger partial charge is 0.342 e. The number of rotatable bonds is 6. The summed E-state index contributed by atoms with van der Waals surface area (Å²) in [7, 11) is 1.59. The van der Waals surface area contributed by atoms with Crippen molar-refractivity contribution in [1.29, 1.82) is 0 Å². The zero-order chi connectivity index (χ0) is 27.4. The number of hydrogen-bond donors (Lipinski definition) is 1. The fourth-order valence-electron chi connectivity index (χ4n) is 4.71. The van der Waals surface area contributed by atoms with Gasteiger partial charge < -0.3 is 24.6 Å². The number of nitrogens with zero attached hydrogens (tertiary/aromatic N) is 4. The zero-order valence-electron chi connectivity index (χ0n) is 21.6. The van der Waals surface area contributed by atoms with E-state index in [1.807, 2.05) is 4.90 Å².